The first kappa shape index (κ1) is 22.3. The summed E-state index contributed by atoms with van der Waals surface area (Å²) in [6, 6.07) is 16.6. The van der Waals surface area contributed by atoms with Crippen LogP contribution in [0.2, 0.25) is 5.02 Å². The third kappa shape index (κ3) is 4.60. The normalized spacial score (nSPS) is 11.2. The van der Waals surface area contributed by atoms with E-state index in [1.807, 2.05) is 43.3 Å². The second kappa shape index (κ2) is 9.79. The average Bonchev–Trinajstić information content (AvgIpc) is 3.32. The van der Waals surface area contributed by atoms with Crippen molar-refractivity contribution in [3.8, 4) is 17.1 Å². The van der Waals surface area contributed by atoms with Gasteiger partial charge in [0.05, 0.1) is 16.6 Å². The SMILES string of the molecule is Cc1ccccc1-n1c(SCCCc2nc(-c3ccncc3)no2)nc2cc(Cl)ccc2c1=O. The summed E-state index contributed by atoms with van der Waals surface area (Å²) in [6.07, 6.45) is 4.79. The third-order valence-corrected chi connectivity index (χ3v) is 6.59. The molecular formula is C25H20ClN5O2S. The zero-order chi connectivity index (χ0) is 23.5. The van der Waals surface area contributed by atoms with E-state index in [1.54, 1.807) is 35.2 Å². The molecule has 0 radical (unpaired) electrons. The van der Waals surface area contributed by atoms with Crippen molar-refractivity contribution >= 4 is 34.3 Å². The Morgan fingerprint density at radius 1 is 1.06 bits per heavy atom. The molecule has 3 heterocycles. The van der Waals surface area contributed by atoms with Gasteiger partial charge in [-0.2, -0.15) is 4.98 Å². The van der Waals surface area contributed by atoms with Gasteiger partial charge >= 0.3 is 0 Å². The summed E-state index contributed by atoms with van der Waals surface area (Å²) in [7, 11) is 0. The summed E-state index contributed by atoms with van der Waals surface area (Å²) >= 11 is 7.68. The van der Waals surface area contributed by atoms with E-state index >= 15 is 0 Å². The molecule has 5 aromatic rings. The highest BCUT2D eigenvalue weighted by Crippen LogP contribution is 2.25. The van der Waals surface area contributed by atoms with Crippen molar-refractivity contribution in [1.29, 1.82) is 0 Å². The van der Waals surface area contributed by atoms with Crippen molar-refractivity contribution in [1.82, 2.24) is 24.7 Å². The number of hydrogen-bond acceptors (Lipinski definition) is 7. The van der Waals surface area contributed by atoms with Crippen molar-refractivity contribution in [2.45, 2.75) is 24.9 Å². The lowest BCUT2D eigenvalue weighted by Crippen LogP contribution is -2.22. The van der Waals surface area contributed by atoms with Crippen LogP contribution in [0.15, 0.2) is 81.5 Å². The molecule has 0 saturated heterocycles. The molecule has 3 aromatic heterocycles. The fourth-order valence-corrected chi connectivity index (χ4v) is 4.73. The fourth-order valence-electron chi connectivity index (χ4n) is 3.62. The molecule has 0 N–H and O–H groups in total. The van der Waals surface area contributed by atoms with E-state index in [2.05, 4.69) is 15.1 Å². The monoisotopic (exact) mass is 489 g/mol. The number of halogens is 1. The van der Waals surface area contributed by atoms with Crippen LogP contribution in [0.3, 0.4) is 0 Å². The summed E-state index contributed by atoms with van der Waals surface area (Å²) in [5.74, 6) is 1.84. The van der Waals surface area contributed by atoms with Crippen molar-refractivity contribution in [3.05, 3.63) is 93.8 Å². The van der Waals surface area contributed by atoms with E-state index in [0.29, 0.717) is 39.2 Å². The van der Waals surface area contributed by atoms with Gasteiger partial charge in [0.1, 0.15) is 0 Å². The molecule has 170 valence electrons. The number of benzene rings is 2. The summed E-state index contributed by atoms with van der Waals surface area (Å²) in [6.45, 7) is 1.98. The molecule has 0 atom stereocenters. The first-order chi connectivity index (χ1) is 16.6. The summed E-state index contributed by atoms with van der Waals surface area (Å²) in [5, 5.41) is 5.75. The van der Waals surface area contributed by atoms with E-state index in [4.69, 9.17) is 21.1 Å². The van der Waals surface area contributed by atoms with Gasteiger partial charge < -0.3 is 4.52 Å². The van der Waals surface area contributed by atoms with Crippen LogP contribution >= 0.6 is 23.4 Å². The molecule has 9 heteroatoms. The Labute approximate surface area is 204 Å². The van der Waals surface area contributed by atoms with Gasteiger partial charge in [0, 0.05) is 35.2 Å². The molecular weight excluding hydrogens is 470 g/mol. The third-order valence-electron chi connectivity index (χ3n) is 5.33. The van der Waals surface area contributed by atoms with Crippen LogP contribution in [-0.2, 0) is 6.42 Å². The number of pyridine rings is 1. The quantitative estimate of drug-likeness (QED) is 0.169. The van der Waals surface area contributed by atoms with Gasteiger partial charge in [-0.1, -0.05) is 46.7 Å². The Bertz CT molecular complexity index is 1520. The molecule has 0 saturated carbocycles. The molecule has 0 aliphatic heterocycles. The van der Waals surface area contributed by atoms with Gasteiger partial charge in [0.2, 0.25) is 11.7 Å². The topological polar surface area (TPSA) is 86.7 Å². The Kier molecular flexibility index (Phi) is 6.42. The molecule has 0 spiro atoms. The number of rotatable bonds is 7. The second-order valence-corrected chi connectivity index (χ2v) is 9.18. The van der Waals surface area contributed by atoms with E-state index < -0.39 is 0 Å². The lowest BCUT2D eigenvalue weighted by atomic mass is 10.2. The number of aromatic nitrogens is 5. The predicted molar refractivity (Wildman–Crippen MR) is 134 cm³/mol. The molecule has 34 heavy (non-hydrogen) atoms. The van der Waals surface area contributed by atoms with Gasteiger partial charge in [-0.05, 0) is 55.3 Å². The molecule has 2 aromatic carbocycles. The lowest BCUT2D eigenvalue weighted by Gasteiger charge is -2.15. The molecule has 7 nitrogen and oxygen atoms in total. The van der Waals surface area contributed by atoms with Crippen molar-refractivity contribution in [2.24, 2.45) is 0 Å². The minimum Gasteiger partial charge on any atom is -0.339 e. The van der Waals surface area contributed by atoms with Gasteiger partial charge in [0.25, 0.3) is 5.56 Å². The molecule has 0 aliphatic rings. The number of nitrogens with zero attached hydrogens (tertiary/aromatic N) is 5. The van der Waals surface area contributed by atoms with Crippen molar-refractivity contribution in [3.63, 3.8) is 0 Å². The highest BCUT2D eigenvalue weighted by Gasteiger charge is 2.15. The second-order valence-electron chi connectivity index (χ2n) is 7.68. The first-order valence-electron chi connectivity index (χ1n) is 10.7. The zero-order valence-corrected chi connectivity index (χ0v) is 19.9. The Hall–Kier alpha value is -3.49. The summed E-state index contributed by atoms with van der Waals surface area (Å²) < 4.78 is 7.08. The predicted octanol–water partition coefficient (Wildman–Crippen LogP) is 5.52. The minimum absolute atomic E-state index is 0.114. The van der Waals surface area contributed by atoms with E-state index in [1.165, 1.54) is 11.8 Å². The van der Waals surface area contributed by atoms with Crippen LogP contribution in [0.4, 0.5) is 0 Å². The van der Waals surface area contributed by atoms with Crippen LogP contribution in [0, 0.1) is 6.92 Å². The maximum atomic E-state index is 13.4. The molecule has 0 aliphatic carbocycles. The molecule has 0 unspecified atom stereocenters. The fraction of sp³-hybridized carbons (Fsp3) is 0.160. The highest BCUT2D eigenvalue weighted by atomic mass is 35.5. The molecule has 5 rings (SSSR count). The van der Waals surface area contributed by atoms with Crippen molar-refractivity contribution in [2.75, 3.05) is 5.75 Å². The first-order valence-corrected chi connectivity index (χ1v) is 12.1. The standard InChI is InChI=1S/C25H20ClN5O2S/c1-16-5-2-3-6-21(16)31-24(32)19-9-8-18(26)15-20(19)28-25(31)34-14-4-7-22-29-23(30-33-22)17-10-12-27-13-11-17/h2-3,5-6,8-13,15H,4,7,14H2,1H3. The number of aryl methyl sites for hydroxylation is 2. The van der Waals surface area contributed by atoms with E-state index in [0.717, 1.165) is 29.0 Å². The number of para-hydroxylation sites is 1. The number of hydrogen-bond donors (Lipinski definition) is 0. The van der Waals surface area contributed by atoms with Crippen LogP contribution in [0.5, 0.6) is 0 Å². The van der Waals surface area contributed by atoms with Gasteiger partial charge in [-0.25, -0.2) is 4.98 Å². The lowest BCUT2D eigenvalue weighted by molar-refractivity contribution is 0.378. The number of thioether (sulfide) groups is 1. The van der Waals surface area contributed by atoms with Crippen molar-refractivity contribution < 1.29 is 4.52 Å². The Morgan fingerprint density at radius 3 is 2.71 bits per heavy atom. The number of fused-ring (bicyclic) bond motifs is 1. The maximum absolute atomic E-state index is 13.4. The Morgan fingerprint density at radius 2 is 1.88 bits per heavy atom. The van der Waals surface area contributed by atoms with Crippen LogP contribution < -0.4 is 5.56 Å². The average molecular weight is 490 g/mol. The molecule has 0 bridgehead atoms. The van der Waals surface area contributed by atoms with Crippen LogP contribution in [0.25, 0.3) is 28.0 Å². The summed E-state index contributed by atoms with van der Waals surface area (Å²) in [5.41, 5.74) is 3.15. The minimum atomic E-state index is -0.114. The molecule has 0 fully saturated rings. The van der Waals surface area contributed by atoms with Gasteiger partial charge in [-0.3, -0.25) is 14.3 Å². The smallest absolute Gasteiger partial charge is 0.266 e. The summed E-state index contributed by atoms with van der Waals surface area (Å²) in [4.78, 5) is 26.7. The highest BCUT2D eigenvalue weighted by molar-refractivity contribution is 7.99. The van der Waals surface area contributed by atoms with Crippen LogP contribution in [-0.4, -0.2) is 30.4 Å². The Balaban J connectivity index is 1.38. The maximum Gasteiger partial charge on any atom is 0.266 e. The molecule has 0 amide bonds. The zero-order valence-electron chi connectivity index (χ0n) is 18.3. The van der Waals surface area contributed by atoms with E-state index in [9.17, 15) is 4.79 Å². The van der Waals surface area contributed by atoms with Crippen LogP contribution in [0.1, 0.15) is 17.9 Å². The van der Waals surface area contributed by atoms with Gasteiger partial charge in [-0.15, -0.1) is 0 Å². The van der Waals surface area contributed by atoms with E-state index in [-0.39, 0.29) is 5.56 Å². The largest absolute Gasteiger partial charge is 0.339 e. The van der Waals surface area contributed by atoms with Gasteiger partial charge in [0.15, 0.2) is 5.16 Å².